The van der Waals surface area contributed by atoms with Crippen LogP contribution in [0, 0.1) is 0 Å². The van der Waals surface area contributed by atoms with E-state index in [1.54, 1.807) is 0 Å². The van der Waals surface area contributed by atoms with Crippen LogP contribution < -0.4 is 0 Å². The molecule has 2 atom stereocenters. The largest absolute Gasteiger partial charge is 0.308 e. The Morgan fingerprint density at radius 2 is 0.442 bits per heavy atom. The highest BCUT2D eigenvalue weighted by atomic mass is 31.1. The van der Waals surface area contributed by atoms with Crippen LogP contribution >= 0.6 is 14.7 Å². The number of para-hydroxylation sites is 6. The fourth-order valence-electron chi connectivity index (χ4n) is 15.3. The molecule has 0 spiro atoms. The molecule has 0 saturated heterocycles. The highest BCUT2D eigenvalue weighted by molar-refractivity contribution is 7.64. The van der Waals surface area contributed by atoms with Gasteiger partial charge in [-0.25, -0.2) is 0 Å². The average molecular weight is 1130 g/mol. The van der Waals surface area contributed by atoms with Crippen molar-refractivity contribution in [2.24, 2.45) is 0 Å². The molecular weight excluding hydrogens is 1080 g/mol. The van der Waals surface area contributed by atoms with Crippen molar-refractivity contribution in [1.82, 2.24) is 27.4 Å². The molecule has 0 N–H and O–H groups in total. The second kappa shape index (κ2) is 17.4. The first-order chi connectivity index (χ1) is 42.8. The van der Waals surface area contributed by atoms with Gasteiger partial charge >= 0.3 is 0 Å². The fourth-order valence-corrected chi connectivity index (χ4v) is 21.5. The predicted octanol–water partition coefficient (Wildman–Crippen LogP) is 22.0. The van der Waals surface area contributed by atoms with Crippen LogP contribution in [0.15, 0.2) is 291 Å². The Kier molecular flexibility index (Phi) is 9.46. The van der Waals surface area contributed by atoms with Crippen molar-refractivity contribution in [3.05, 3.63) is 291 Å². The quantitative estimate of drug-likeness (QED) is 0.117. The summed E-state index contributed by atoms with van der Waals surface area (Å²) in [4.78, 5) is 0. The van der Waals surface area contributed by atoms with Crippen molar-refractivity contribution in [1.29, 1.82) is 0 Å². The summed E-state index contributed by atoms with van der Waals surface area (Å²) in [7, 11) is -2.47. The zero-order chi connectivity index (χ0) is 55.9. The Hall–Kier alpha value is -10.7. The van der Waals surface area contributed by atoms with Crippen LogP contribution in [-0.2, 0) is 0 Å². The smallest absolute Gasteiger partial charge is 0.0698 e. The van der Waals surface area contributed by atoms with Gasteiger partial charge in [0, 0.05) is 81.0 Å². The standard InChI is InChI=1S/C78H48N6P2/c1-7-27-52(28-8-1)79-60-41-23-43-62-73(60)85-75-64(79)45-49-25-19-21-39-58(49)69(75)83(56-35-15-5-16-36-56)66-47-51-48-67-78-72(68(51)71(77(66)85)81(62)54-31-11-3-12-32-54)82(55-33-13-4-14-34-55)63-44-24-42-61-74(63)86(78)76-65(80(61)53-29-9-2-10-30-53)46-50-26-20-22-40-59(50)70(76)84(67)57-37-17-6-18-38-57/h1-48H. The van der Waals surface area contributed by atoms with Gasteiger partial charge in [0.1, 0.15) is 0 Å². The van der Waals surface area contributed by atoms with Gasteiger partial charge in [-0.05, 0) is 137 Å². The van der Waals surface area contributed by atoms with Crippen molar-refractivity contribution in [3.63, 3.8) is 0 Å². The third-order valence-corrected chi connectivity index (χ3v) is 23.8. The molecule has 0 bridgehead atoms. The van der Waals surface area contributed by atoms with Crippen LogP contribution in [0.5, 0.6) is 0 Å². The number of hydrogen-bond donors (Lipinski definition) is 0. The first kappa shape index (κ1) is 46.7. The molecule has 0 aliphatic carbocycles. The van der Waals surface area contributed by atoms with Gasteiger partial charge in [0.2, 0.25) is 0 Å². The molecule has 14 aromatic carbocycles. The van der Waals surface area contributed by atoms with E-state index in [2.05, 4.69) is 319 Å². The van der Waals surface area contributed by atoms with Gasteiger partial charge in [0.05, 0.1) is 66.2 Å². The second-order valence-electron chi connectivity index (χ2n) is 22.9. The molecule has 0 radical (unpaired) electrons. The van der Waals surface area contributed by atoms with Crippen LogP contribution in [0.3, 0.4) is 0 Å². The Labute approximate surface area is 493 Å². The molecule has 6 aromatic heterocycles. The van der Waals surface area contributed by atoms with Crippen molar-refractivity contribution < 1.29 is 0 Å². The van der Waals surface area contributed by atoms with Gasteiger partial charge in [-0.3, -0.25) is 0 Å². The first-order valence-corrected chi connectivity index (χ1v) is 32.2. The molecule has 8 heteroatoms. The van der Waals surface area contributed by atoms with Crippen LogP contribution in [0.25, 0.3) is 163 Å². The van der Waals surface area contributed by atoms with Crippen molar-refractivity contribution in [3.8, 4) is 34.1 Å². The summed E-state index contributed by atoms with van der Waals surface area (Å²) < 4.78 is 15.8. The topological polar surface area (TPSA) is 29.6 Å². The molecule has 0 aliphatic heterocycles. The fraction of sp³-hybridized carbons (Fsp3) is 0. The molecule has 2 unspecified atom stereocenters. The highest BCUT2D eigenvalue weighted by Crippen LogP contribution is 2.62. The summed E-state index contributed by atoms with van der Waals surface area (Å²) >= 11 is 0. The molecule has 0 aliphatic rings. The van der Waals surface area contributed by atoms with Crippen LogP contribution in [0.2, 0.25) is 0 Å². The first-order valence-electron chi connectivity index (χ1n) is 29.5. The molecule has 0 fully saturated rings. The van der Waals surface area contributed by atoms with Gasteiger partial charge in [0.15, 0.2) is 0 Å². The Balaban J connectivity index is 1.17. The molecule has 20 aromatic rings. The molecule has 0 amide bonds. The van der Waals surface area contributed by atoms with Gasteiger partial charge in [-0.2, -0.15) is 0 Å². The maximum absolute atomic E-state index is 2.68. The number of benzene rings is 14. The van der Waals surface area contributed by atoms with Crippen LogP contribution in [-0.4, -0.2) is 27.4 Å². The zero-order valence-electron chi connectivity index (χ0n) is 46.3. The Morgan fingerprint density at radius 3 is 0.791 bits per heavy atom. The van der Waals surface area contributed by atoms with E-state index in [1.807, 2.05) is 0 Å². The highest BCUT2D eigenvalue weighted by Gasteiger charge is 2.33. The summed E-state index contributed by atoms with van der Waals surface area (Å²) in [5.74, 6) is 0. The van der Waals surface area contributed by atoms with E-state index in [4.69, 9.17) is 0 Å². The average Bonchev–Trinajstić information content (AvgIpc) is 0.680. The Bertz CT molecular complexity index is 5830. The van der Waals surface area contributed by atoms with E-state index in [9.17, 15) is 0 Å². The van der Waals surface area contributed by atoms with E-state index in [1.165, 1.54) is 129 Å². The van der Waals surface area contributed by atoms with Gasteiger partial charge in [-0.15, -0.1) is 0 Å². The number of rotatable bonds is 6. The lowest BCUT2D eigenvalue weighted by Gasteiger charge is -2.32. The van der Waals surface area contributed by atoms with E-state index in [0.29, 0.717) is 0 Å². The maximum Gasteiger partial charge on any atom is 0.0698 e. The minimum absolute atomic E-state index is 1.12. The lowest BCUT2D eigenvalue weighted by atomic mass is 10.0. The molecule has 0 saturated carbocycles. The maximum atomic E-state index is 2.68. The lowest BCUT2D eigenvalue weighted by molar-refractivity contribution is 1.14. The molecule has 6 nitrogen and oxygen atoms in total. The van der Waals surface area contributed by atoms with E-state index >= 15 is 0 Å². The third-order valence-electron chi connectivity index (χ3n) is 18.5. The summed E-state index contributed by atoms with van der Waals surface area (Å²) in [5, 5.41) is 15.6. The van der Waals surface area contributed by atoms with Crippen LogP contribution in [0.1, 0.15) is 0 Å². The number of hydrogen-bond acceptors (Lipinski definition) is 0. The number of aromatic nitrogens is 6. The molecular formula is C78H48N6P2. The minimum Gasteiger partial charge on any atom is -0.308 e. The number of nitrogens with zero attached hydrogens (tertiary/aromatic N) is 6. The minimum atomic E-state index is -1.23. The summed E-state index contributed by atoms with van der Waals surface area (Å²) in [6, 6.07) is 110. The second-order valence-corrected chi connectivity index (χ2v) is 26.9. The van der Waals surface area contributed by atoms with Crippen LogP contribution in [0.4, 0.5) is 0 Å². The van der Waals surface area contributed by atoms with Gasteiger partial charge in [-0.1, -0.05) is 185 Å². The predicted molar refractivity (Wildman–Crippen MR) is 366 cm³/mol. The Morgan fingerprint density at radius 1 is 0.186 bits per heavy atom. The van der Waals surface area contributed by atoms with Crippen molar-refractivity contribution in [2.45, 2.75) is 0 Å². The normalized spacial score (nSPS) is 12.8. The summed E-state index contributed by atoms with van der Waals surface area (Å²) in [6.45, 7) is 0. The van der Waals surface area contributed by atoms with Gasteiger partial charge < -0.3 is 27.4 Å². The number of fused-ring (bicyclic) bond motifs is 7. The summed E-state index contributed by atoms with van der Waals surface area (Å²) in [6.07, 6.45) is 0. The lowest BCUT2D eigenvalue weighted by Crippen LogP contribution is -2.11. The van der Waals surface area contributed by atoms with Crippen molar-refractivity contribution >= 4 is 144 Å². The van der Waals surface area contributed by atoms with Crippen molar-refractivity contribution in [2.75, 3.05) is 0 Å². The van der Waals surface area contributed by atoms with Gasteiger partial charge in [0.25, 0.3) is 0 Å². The van der Waals surface area contributed by atoms with E-state index in [-0.39, 0.29) is 0 Å². The molecule has 20 rings (SSSR count). The zero-order valence-corrected chi connectivity index (χ0v) is 48.1. The third kappa shape index (κ3) is 6.06. The molecule has 6 heterocycles. The van der Waals surface area contributed by atoms with E-state index < -0.39 is 14.7 Å². The van der Waals surface area contributed by atoms with E-state index in [0.717, 1.165) is 34.1 Å². The SMILES string of the molecule is c1ccc(-n2c3cccc4c3p3c5c2cc2ccccc2c5n(-c2ccccc2)c2cc5cc6c7c(c5c(c23)n4-c2ccccc2)n(-c2ccccc2)c2cccc3c2p7c2c(cc4ccccc4c2n6-c2ccccc2)n3-c2ccccc2)cc1. The summed E-state index contributed by atoms with van der Waals surface area (Å²) in [5.41, 5.74) is 21.5. The molecule has 86 heavy (non-hydrogen) atoms. The monoisotopic (exact) mass is 1130 g/mol. The molecule has 400 valence electrons.